The normalized spacial score (nSPS) is 30.8. The van der Waals surface area contributed by atoms with Crippen LogP contribution in [-0.4, -0.2) is 79.6 Å². The Labute approximate surface area is 325 Å². The zero-order valence-electron chi connectivity index (χ0n) is 32.7. The highest BCUT2D eigenvalue weighted by molar-refractivity contribution is 7.92. The molecule has 1 unspecified atom stereocenters. The number of methoxy groups -OCH3 is 3. The molecule has 8 rings (SSSR count). The average Bonchev–Trinajstić information content (AvgIpc) is 3.67. The molecule has 12 heteroatoms. The quantitative estimate of drug-likeness (QED) is 0.295. The third-order valence-electron chi connectivity index (χ3n) is 12.7. The lowest BCUT2D eigenvalue weighted by molar-refractivity contribution is 0.0131. The molecule has 1 spiro atoms. The summed E-state index contributed by atoms with van der Waals surface area (Å²) >= 11 is 0. The topological polar surface area (TPSA) is 121 Å². The summed E-state index contributed by atoms with van der Waals surface area (Å²) in [4.78, 5) is 30.6. The van der Waals surface area contributed by atoms with Crippen LogP contribution < -0.4 is 19.1 Å². The van der Waals surface area contributed by atoms with Crippen molar-refractivity contribution in [1.82, 2.24) is 9.29 Å². The number of amides is 2. The summed E-state index contributed by atoms with van der Waals surface area (Å²) in [5, 5.41) is 0. The Morgan fingerprint density at radius 2 is 1.95 bits per heavy atom. The van der Waals surface area contributed by atoms with E-state index in [1.54, 1.807) is 26.5 Å². The van der Waals surface area contributed by atoms with Gasteiger partial charge in [0.05, 0.1) is 43.1 Å². The van der Waals surface area contributed by atoms with Crippen LogP contribution in [0.1, 0.15) is 82.1 Å². The van der Waals surface area contributed by atoms with E-state index >= 15 is 0 Å². The maximum absolute atomic E-state index is 14.8. The fraction of sp³-hybridized carbons (Fsp3) is 0.535. The summed E-state index contributed by atoms with van der Waals surface area (Å²) in [5.74, 6) is 0.454. The molecule has 294 valence electrons. The van der Waals surface area contributed by atoms with Crippen LogP contribution in [0.2, 0.25) is 0 Å². The average molecular weight is 771 g/mol. The largest absolute Gasteiger partial charge is 0.494 e. The molecule has 2 aromatic carbocycles. The first-order valence-corrected chi connectivity index (χ1v) is 21.4. The van der Waals surface area contributed by atoms with Crippen LogP contribution in [0.15, 0.2) is 59.1 Å². The van der Waals surface area contributed by atoms with Gasteiger partial charge in [0.1, 0.15) is 21.2 Å². The summed E-state index contributed by atoms with van der Waals surface area (Å²) in [7, 11) is 1.36. The number of nitrogens with zero attached hydrogens (tertiary/aromatic N) is 3. The molecule has 2 aliphatic carbocycles. The fourth-order valence-electron chi connectivity index (χ4n) is 9.73. The van der Waals surface area contributed by atoms with Crippen molar-refractivity contribution in [3.63, 3.8) is 0 Å². The van der Waals surface area contributed by atoms with Crippen molar-refractivity contribution in [2.24, 2.45) is 22.1 Å². The number of aryl methyl sites for hydroxylation is 2. The van der Waals surface area contributed by atoms with Gasteiger partial charge in [-0.05, 0) is 92.5 Å². The van der Waals surface area contributed by atoms with Gasteiger partial charge in [0.15, 0.2) is 5.75 Å². The van der Waals surface area contributed by atoms with Gasteiger partial charge >= 0.3 is 0 Å². The molecule has 0 saturated heterocycles. The third kappa shape index (κ3) is 7.21. The maximum Gasteiger partial charge on any atom is 0.286 e. The van der Waals surface area contributed by atoms with Crippen molar-refractivity contribution in [2.45, 2.75) is 83.0 Å². The molecule has 2 amide bonds. The minimum absolute atomic E-state index is 0.0122. The molecule has 1 fully saturated rings. The van der Waals surface area contributed by atoms with Crippen LogP contribution in [0.4, 0.5) is 5.69 Å². The van der Waals surface area contributed by atoms with Gasteiger partial charge in [-0.3, -0.25) is 14.3 Å². The predicted octanol–water partition coefficient (Wildman–Crippen LogP) is 6.44. The zero-order valence-corrected chi connectivity index (χ0v) is 33.5. The molecule has 55 heavy (non-hydrogen) atoms. The van der Waals surface area contributed by atoms with Crippen molar-refractivity contribution in [3.05, 3.63) is 88.3 Å². The predicted molar refractivity (Wildman–Crippen MR) is 213 cm³/mol. The molecule has 5 aliphatic rings. The number of anilines is 1. The van der Waals surface area contributed by atoms with Crippen LogP contribution in [-0.2, 0) is 44.2 Å². The minimum atomic E-state index is -3.60. The molecule has 2 bridgehead atoms. The molecule has 3 aliphatic heterocycles. The minimum Gasteiger partial charge on any atom is -0.494 e. The van der Waals surface area contributed by atoms with Crippen molar-refractivity contribution in [2.75, 3.05) is 51.7 Å². The summed E-state index contributed by atoms with van der Waals surface area (Å²) in [6, 6.07) is 12.2. The number of hydrogen-bond donors (Lipinski definition) is 1. The van der Waals surface area contributed by atoms with E-state index in [-0.39, 0.29) is 34.9 Å². The Bertz CT molecular complexity index is 2140. The second kappa shape index (κ2) is 15.1. The molecule has 7 atom stereocenters. The molecular formula is C43H54N4O7S. The van der Waals surface area contributed by atoms with Crippen molar-refractivity contribution >= 4 is 27.4 Å². The van der Waals surface area contributed by atoms with E-state index in [2.05, 4.69) is 51.3 Å². The van der Waals surface area contributed by atoms with Gasteiger partial charge in [-0.25, -0.2) is 4.21 Å². The van der Waals surface area contributed by atoms with E-state index < -0.39 is 21.7 Å². The van der Waals surface area contributed by atoms with Gasteiger partial charge in [-0.1, -0.05) is 42.8 Å². The van der Waals surface area contributed by atoms with Crippen LogP contribution in [0.25, 0.3) is 0 Å². The SMILES string of the molecule is COc1c(C(=O)NS2(=O)=NC(=O)c3ccc4c(c3)N(C[C@@H]3CC[C@H]3[C@@H](OC)/C=C/C[C@H](C)C2)C[C@@]2(CCCc3cc(C)ccc32)CO4)cn2c1C[C@@H](OC)C2. The number of hydrogen-bond acceptors (Lipinski definition) is 8. The first-order chi connectivity index (χ1) is 26.5. The van der Waals surface area contributed by atoms with E-state index in [1.807, 2.05) is 23.6 Å². The van der Waals surface area contributed by atoms with Gasteiger partial charge < -0.3 is 28.4 Å². The Morgan fingerprint density at radius 3 is 2.71 bits per heavy atom. The summed E-state index contributed by atoms with van der Waals surface area (Å²) < 4.78 is 47.9. The number of rotatable bonds is 5. The molecule has 11 nitrogen and oxygen atoms in total. The molecule has 4 heterocycles. The lowest BCUT2D eigenvalue weighted by Crippen LogP contribution is -2.49. The van der Waals surface area contributed by atoms with Crippen LogP contribution in [0.3, 0.4) is 0 Å². The number of carbonyl (C=O) groups is 2. The van der Waals surface area contributed by atoms with Crippen molar-refractivity contribution in [1.29, 1.82) is 0 Å². The van der Waals surface area contributed by atoms with E-state index in [4.69, 9.17) is 18.9 Å². The van der Waals surface area contributed by atoms with Gasteiger partial charge in [0.25, 0.3) is 11.8 Å². The smallest absolute Gasteiger partial charge is 0.286 e. The van der Waals surface area contributed by atoms with Gasteiger partial charge in [-0.15, -0.1) is 4.36 Å². The second-order valence-electron chi connectivity index (χ2n) is 16.5. The van der Waals surface area contributed by atoms with E-state index in [1.165, 1.54) is 23.8 Å². The maximum atomic E-state index is 14.8. The number of aromatic nitrogens is 1. The summed E-state index contributed by atoms with van der Waals surface area (Å²) in [6.45, 7) is 6.78. The van der Waals surface area contributed by atoms with Crippen LogP contribution >= 0.6 is 0 Å². The number of ether oxygens (including phenoxy) is 4. The highest BCUT2D eigenvalue weighted by Gasteiger charge is 2.44. The lowest BCUT2D eigenvalue weighted by atomic mass is 9.68. The number of nitrogens with one attached hydrogen (secondary N) is 1. The van der Waals surface area contributed by atoms with Crippen LogP contribution in [0.5, 0.6) is 11.5 Å². The standard InChI is InChI=1S/C43H54N4O7S/c1-27-11-15-35-29(18-27)9-7-17-43(35)25-47-21-31-12-14-33(31)38(52-4)10-6-8-28(2)24-55(50,44-41(48)30-13-16-39(54-26-43)36(47)19-30)45-42(49)34-23-46-22-32(51-3)20-37(46)40(34)53-5/h6,10-11,13,15-16,18-19,23,28,31-33,38H,7-9,12,14,17,20-22,24-26H2,1-5H3,(H,44,45,48,49,50)/b10-6+/t28-,31-,32+,33+,38-,43-,55?/m0/s1. The molecular weight excluding hydrogens is 717 g/mol. The van der Waals surface area contributed by atoms with E-state index in [0.29, 0.717) is 49.1 Å². The number of allylic oxidation sites excluding steroid dienone is 1. The first kappa shape index (κ1) is 37.8. The van der Waals surface area contributed by atoms with Crippen molar-refractivity contribution < 1.29 is 32.7 Å². The lowest BCUT2D eigenvalue weighted by Gasteiger charge is -2.46. The van der Waals surface area contributed by atoms with Gasteiger partial charge in [-0.2, -0.15) is 0 Å². The van der Waals surface area contributed by atoms with E-state index in [0.717, 1.165) is 62.3 Å². The highest BCUT2D eigenvalue weighted by Crippen LogP contribution is 2.47. The molecule has 1 saturated carbocycles. The summed E-state index contributed by atoms with van der Waals surface area (Å²) in [5.41, 5.74) is 6.03. The Balaban J connectivity index is 1.18. The number of fused-ring (bicyclic) bond motifs is 5. The Kier molecular flexibility index (Phi) is 10.4. The van der Waals surface area contributed by atoms with Gasteiger partial charge in [0.2, 0.25) is 0 Å². The first-order valence-electron chi connectivity index (χ1n) is 19.7. The summed E-state index contributed by atoms with van der Waals surface area (Å²) in [6.07, 6.45) is 12.3. The Morgan fingerprint density at radius 1 is 1.09 bits per heavy atom. The fourth-order valence-corrected chi connectivity index (χ4v) is 11.6. The Hall–Kier alpha value is -4.13. The van der Waals surface area contributed by atoms with E-state index in [9.17, 15) is 13.8 Å². The van der Waals surface area contributed by atoms with Crippen molar-refractivity contribution in [3.8, 4) is 11.5 Å². The molecule has 3 aromatic rings. The van der Waals surface area contributed by atoms with Crippen LogP contribution in [0, 0.1) is 24.7 Å². The number of carbonyl (C=O) groups excluding carboxylic acids is 2. The molecule has 1 aromatic heterocycles. The number of benzene rings is 2. The highest BCUT2D eigenvalue weighted by atomic mass is 32.2. The molecule has 1 N–H and O–H groups in total. The monoisotopic (exact) mass is 770 g/mol. The molecule has 0 radical (unpaired) electrons. The second-order valence-corrected chi connectivity index (χ2v) is 18.5. The van der Waals surface area contributed by atoms with Gasteiger partial charge in [0, 0.05) is 57.4 Å². The third-order valence-corrected chi connectivity index (χ3v) is 14.7. The zero-order chi connectivity index (χ0) is 38.5.